The second-order valence-electron chi connectivity index (χ2n) is 10.1. The van der Waals surface area contributed by atoms with Crippen molar-refractivity contribution in [3.8, 4) is 10.4 Å². The summed E-state index contributed by atoms with van der Waals surface area (Å²) in [5.41, 5.74) is 4.54. The number of aromatic nitrogens is 4. The lowest BCUT2D eigenvalue weighted by atomic mass is 10.0. The molecule has 6 nitrogen and oxygen atoms in total. The summed E-state index contributed by atoms with van der Waals surface area (Å²) < 4.78 is 8.21. The van der Waals surface area contributed by atoms with Crippen molar-refractivity contribution in [3.63, 3.8) is 0 Å². The van der Waals surface area contributed by atoms with Crippen molar-refractivity contribution in [3.05, 3.63) is 24.2 Å². The molecule has 4 heterocycles. The highest BCUT2D eigenvalue weighted by Crippen LogP contribution is 2.60. The van der Waals surface area contributed by atoms with E-state index in [0.717, 1.165) is 47.3 Å². The highest BCUT2D eigenvalue weighted by atomic mass is 32.1. The molecule has 0 radical (unpaired) electrons. The van der Waals surface area contributed by atoms with E-state index < -0.39 is 8.07 Å². The fourth-order valence-corrected chi connectivity index (χ4v) is 6.22. The molecule has 2 fully saturated rings. The minimum Gasteiger partial charge on any atom is -0.361 e. The predicted octanol–water partition coefficient (Wildman–Crippen LogP) is 5.10. The molecule has 0 N–H and O–H groups in total. The first-order valence-corrected chi connectivity index (χ1v) is 15.5. The van der Waals surface area contributed by atoms with Crippen LogP contribution in [0.2, 0.25) is 25.7 Å². The van der Waals surface area contributed by atoms with Crippen molar-refractivity contribution in [1.82, 2.24) is 19.5 Å². The summed E-state index contributed by atoms with van der Waals surface area (Å²) in [4.78, 5) is 17.4. The zero-order valence-corrected chi connectivity index (χ0v) is 20.2. The van der Waals surface area contributed by atoms with E-state index in [0.29, 0.717) is 12.1 Å². The predicted molar refractivity (Wildman–Crippen MR) is 126 cm³/mol. The molecule has 2 aliphatic rings. The van der Waals surface area contributed by atoms with Crippen LogP contribution in [0.4, 0.5) is 5.82 Å². The van der Waals surface area contributed by atoms with Gasteiger partial charge in [0, 0.05) is 45.7 Å². The zero-order chi connectivity index (χ0) is 20.9. The number of ether oxygens (including phenoxy) is 1. The molecule has 160 valence electrons. The Bertz CT molecular complexity index is 1040. The third-order valence-electron chi connectivity index (χ3n) is 6.87. The smallest absolute Gasteiger partial charge is 0.148 e. The number of rotatable bonds is 8. The second-order valence-corrected chi connectivity index (χ2v) is 16.6. The van der Waals surface area contributed by atoms with E-state index in [1.54, 1.807) is 17.7 Å². The van der Waals surface area contributed by atoms with Crippen LogP contribution in [0.3, 0.4) is 0 Å². The van der Waals surface area contributed by atoms with Gasteiger partial charge >= 0.3 is 0 Å². The van der Waals surface area contributed by atoms with Crippen LogP contribution >= 0.6 is 11.3 Å². The van der Waals surface area contributed by atoms with Crippen LogP contribution < -0.4 is 4.90 Å². The monoisotopic (exact) mass is 441 g/mol. The third kappa shape index (κ3) is 3.59. The average Bonchev–Trinajstić information content (AvgIpc) is 3.14. The molecule has 0 aromatic carbocycles. The van der Waals surface area contributed by atoms with Crippen LogP contribution in [0.25, 0.3) is 21.5 Å². The Kier molecular flexibility index (Phi) is 4.99. The number of nitrogens with zero attached hydrogens (tertiary/aromatic N) is 5. The molecule has 8 heteroatoms. The summed E-state index contributed by atoms with van der Waals surface area (Å²) in [5.74, 6) is 1.90. The SMILES string of the molecule is CCC12CC1CN(c1ncnc3c1c(-c1cncs1)cn3COCC[Si](C)(C)C)C2. The van der Waals surface area contributed by atoms with Gasteiger partial charge in [-0.25, -0.2) is 9.97 Å². The van der Waals surface area contributed by atoms with Gasteiger partial charge in [0.1, 0.15) is 24.5 Å². The number of hydrogen-bond donors (Lipinski definition) is 0. The zero-order valence-electron chi connectivity index (χ0n) is 18.4. The minimum absolute atomic E-state index is 0.518. The molecule has 30 heavy (non-hydrogen) atoms. The summed E-state index contributed by atoms with van der Waals surface area (Å²) in [5, 5.41) is 1.14. The van der Waals surface area contributed by atoms with Gasteiger partial charge in [-0.1, -0.05) is 26.6 Å². The van der Waals surface area contributed by atoms with Crippen LogP contribution in [0.15, 0.2) is 24.2 Å². The topological polar surface area (TPSA) is 56.1 Å². The van der Waals surface area contributed by atoms with Gasteiger partial charge in [0.2, 0.25) is 0 Å². The first kappa shape index (κ1) is 20.1. The van der Waals surface area contributed by atoms with E-state index in [9.17, 15) is 0 Å². The maximum absolute atomic E-state index is 6.07. The lowest BCUT2D eigenvalue weighted by Gasteiger charge is -2.22. The van der Waals surface area contributed by atoms with E-state index in [-0.39, 0.29) is 0 Å². The van der Waals surface area contributed by atoms with Gasteiger partial charge in [-0.15, -0.1) is 11.3 Å². The van der Waals surface area contributed by atoms with Crippen molar-refractivity contribution >= 4 is 36.3 Å². The Morgan fingerprint density at radius 3 is 2.87 bits per heavy atom. The Labute approximate surface area is 183 Å². The lowest BCUT2D eigenvalue weighted by Crippen LogP contribution is -2.25. The molecule has 1 aliphatic heterocycles. The molecule has 2 atom stereocenters. The van der Waals surface area contributed by atoms with Crippen molar-refractivity contribution in [2.45, 2.75) is 52.2 Å². The largest absolute Gasteiger partial charge is 0.361 e. The Morgan fingerprint density at radius 1 is 1.30 bits per heavy atom. The van der Waals surface area contributed by atoms with E-state index >= 15 is 0 Å². The van der Waals surface area contributed by atoms with Gasteiger partial charge < -0.3 is 14.2 Å². The molecule has 5 rings (SSSR count). The normalized spacial score (nSPS) is 23.3. The molecular weight excluding hydrogens is 410 g/mol. The molecule has 1 saturated heterocycles. The summed E-state index contributed by atoms with van der Waals surface area (Å²) in [6, 6.07) is 1.17. The second kappa shape index (κ2) is 7.42. The minimum atomic E-state index is -1.10. The Balaban J connectivity index is 1.49. The molecule has 1 saturated carbocycles. The van der Waals surface area contributed by atoms with Crippen LogP contribution in [0.5, 0.6) is 0 Å². The van der Waals surface area contributed by atoms with Crippen molar-refractivity contribution < 1.29 is 4.74 Å². The third-order valence-corrected chi connectivity index (χ3v) is 9.38. The van der Waals surface area contributed by atoms with Gasteiger partial charge in [-0.2, -0.15) is 0 Å². The Hall–Kier alpha value is -1.77. The molecule has 3 aromatic heterocycles. The summed E-state index contributed by atoms with van der Waals surface area (Å²) in [6.45, 7) is 13.0. The van der Waals surface area contributed by atoms with E-state index in [2.05, 4.69) is 52.2 Å². The molecule has 0 spiro atoms. The number of anilines is 1. The van der Waals surface area contributed by atoms with E-state index in [1.807, 2.05) is 11.7 Å². The van der Waals surface area contributed by atoms with Gasteiger partial charge in [0.15, 0.2) is 0 Å². The summed E-state index contributed by atoms with van der Waals surface area (Å²) in [6.07, 6.45) is 8.48. The standard InChI is InChI=1S/C22H31N5OSSi/c1-5-22-8-16(22)10-26(12-22)20-19-17(18-9-23-14-29-18)11-27(21(19)25-13-24-20)15-28-6-7-30(2,3)4/h9,11,13-14,16H,5-8,10,12,15H2,1-4H3. The van der Waals surface area contributed by atoms with Crippen LogP contribution in [-0.4, -0.2) is 47.3 Å². The maximum Gasteiger partial charge on any atom is 0.148 e. The van der Waals surface area contributed by atoms with Crippen LogP contribution in [-0.2, 0) is 11.5 Å². The summed E-state index contributed by atoms with van der Waals surface area (Å²) in [7, 11) is -1.10. The van der Waals surface area contributed by atoms with E-state index in [1.165, 1.54) is 24.4 Å². The molecule has 2 unspecified atom stereocenters. The van der Waals surface area contributed by atoms with Gasteiger partial charge in [0.25, 0.3) is 0 Å². The Morgan fingerprint density at radius 2 is 2.17 bits per heavy atom. The van der Waals surface area contributed by atoms with Crippen LogP contribution in [0, 0.1) is 11.3 Å². The fraction of sp³-hybridized carbons (Fsp3) is 0.591. The van der Waals surface area contributed by atoms with Gasteiger partial charge in [0.05, 0.1) is 15.8 Å². The van der Waals surface area contributed by atoms with E-state index in [4.69, 9.17) is 9.72 Å². The highest BCUT2D eigenvalue weighted by molar-refractivity contribution is 7.13. The molecular formula is C22H31N5OSSi. The first-order chi connectivity index (χ1) is 14.4. The quantitative estimate of drug-likeness (QED) is 0.359. The maximum atomic E-state index is 6.07. The number of thiazole rings is 1. The fourth-order valence-electron chi connectivity index (χ4n) is 4.82. The first-order valence-electron chi connectivity index (χ1n) is 11.0. The number of piperidine rings is 1. The van der Waals surface area contributed by atoms with Crippen molar-refractivity contribution in [2.75, 3.05) is 24.6 Å². The average molecular weight is 442 g/mol. The lowest BCUT2D eigenvalue weighted by molar-refractivity contribution is 0.0899. The molecule has 1 aliphatic carbocycles. The summed E-state index contributed by atoms with van der Waals surface area (Å²) >= 11 is 1.67. The van der Waals surface area contributed by atoms with Gasteiger partial charge in [-0.05, 0) is 30.2 Å². The molecule has 3 aromatic rings. The number of fused-ring (bicyclic) bond motifs is 2. The number of hydrogen-bond acceptors (Lipinski definition) is 6. The molecule has 0 bridgehead atoms. The highest BCUT2D eigenvalue weighted by Gasteiger charge is 2.58. The molecule has 0 amide bonds. The van der Waals surface area contributed by atoms with Crippen molar-refractivity contribution in [2.24, 2.45) is 11.3 Å². The van der Waals surface area contributed by atoms with Crippen molar-refractivity contribution in [1.29, 1.82) is 0 Å². The van der Waals surface area contributed by atoms with Gasteiger partial charge in [-0.3, -0.25) is 4.98 Å². The van der Waals surface area contributed by atoms with Crippen LogP contribution in [0.1, 0.15) is 19.8 Å².